The van der Waals surface area contributed by atoms with Gasteiger partial charge in [-0.2, -0.15) is 11.8 Å². The highest BCUT2D eigenvalue weighted by Gasteiger charge is 2.30. The Bertz CT molecular complexity index is 1450. The molecule has 10 heteroatoms. The molecule has 5 rings (SSSR count). The van der Waals surface area contributed by atoms with E-state index >= 15 is 0 Å². The number of thioether (sulfide) groups is 1. The van der Waals surface area contributed by atoms with Gasteiger partial charge in [0.2, 0.25) is 0 Å². The molecular weight excluding hydrogens is 495 g/mol. The molecule has 3 heterocycles. The highest BCUT2D eigenvalue weighted by molar-refractivity contribution is 7.99. The first-order chi connectivity index (χ1) is 17.7. The van der Waals surface area contributed by atoms with E-state index in [1.54, 1.807) is 30.5 Å². The highest BCUT2D eigenvalue weighted by atomic mass is 32.2. The van der Waals surface area contributed by atoms with Crippen molar-refractivity contribution in [3.63, 3.8) is 0 Å². The van der Waals surface area contributed by atoms with Crippen molar-refractivity contribution < 1.29 is 14.3 Å². The van der Waals surface area contributed by atoms with Crippen molar-refractivity contribution in [1.82, 2.24) is 19.4 Å². The maximum atomic E-state index is 14.1. The van der Waals surface area contributed by atoms with E-state index in [-0.39, 0.29) is 46.5 Å². The van der Waals surface area contributed by atoms with Crippen molar-refractivity contribution in [2.75, 3.05) is 11.5 Å². The summed E-state index contributed by atoms with van der Waals surface area (Å²) in [7, 11) is 0. The van der Waals surface area contributed by atoms with Gasteiger partial charge in [0.25, 0.3) is 11.5 Å². The van der Waals surface area contributed by atoms with E-state index in [4.69, 9.17) is 0 Å². The highest BCUT2D eigenvalue weighted by Crippen LogP contribution is 2.30. The number of halogens is 1. The van der Waals surface area contributed by atoms with E-state index in [1.807, 2.05) is 11.8 Å². The molecule has 2 aliphatic rings. The van der Waals surface area contributed by atoms with E-state index in [2.05, 4.69) is 10.3 Å². The summed E-state index contributed by atoms with van der Waals surface area (Å²) in [4.78, 5) is 44.1. The lowest BCUT2D eigenvalue weighted by atomic mass is 9.90. The van der Waals surface area contributed by atoms with Crippen LogP contribution in [0.4, 0.5) is 4.39 Å². The molecule has 1 saturated carbocycles. The third kappa shape index (κ3) is 4.91. The van der Waals surface area contributed by atoms with Crippen LogP contribution >= 0.6 is 11.8 Å². The Morgan fingerprint density at radius 1 is 1.00 bits per heavy atom. The van der Waals surface area contributed by atoms with Gasteiger partial charge in [0, 0.05) is 23.7 Å². The number of amides is 1. The lowest BCUT2D eigenvalue weighted by Crippen LogP contribution is -2.46. The minimum absolute atomic E-state index is 0.0751. The smallest absolute Gasteiger partial charge is 0.333 e. The van der Waals surface area contributed by atoms with E-state index in [0.29, 0.717) is 42.4 Å². The number of carbonyl (C=O) groups excluding carboxylic acids is 1. The van der Waals surface area contributed by atoms with Crippen LogP contribution in [-0.4, -0.2) is 42.7 Å². The van der Waals surface area contributed by atoms with Gasteiger partial charge in [-0.05, 0) is 93.2 Å². The zero-order valence-electron chi connectivity index (χ0n) is 21.0. The molecule has 0 atom stereocenters. The zero-order chi connectivity index (χ0) is 26.3. The van der Waals surface area contributed by atoms with Crippen molar-refractivity contribution in [1.29, 1.82) is 0 Å². The van der Waals surface area contributed by atoms with E-state index in [9.17, 15) is 23.9 Å². The summed E-state index contributed by atoms with van der Waals surface area (Å²) in [5.41, 5.74) is 1.15. The van der Waals surface area contributed by atoms with Gasteiger partial charge < -0.3 is 10.4 Å². The van der Waals surface area contributed by atoms with Gasteiger partial charge in [-0.15, -0.1) is 0 Å². The topological polar surface area (TPSA) is 106 Å². The summed E-state index contributed by atoms with van der Waals surface area (Å²) in [5, 5.41) is 13.2. The normalized spacial score (nSPS) is 20.7. The number of nitrogens with zero attached hydrogens (tertiary/aromatic N) is 3. The summed E-state index contributed by atoms with van der Waals surface area (Å²) in [5.74, 6) is 1.21. The molecule has 196 valence electrons. The minimum Gasteiger partial charge on any atom is -0.507 e. The van der Waals surface area contributed by atoms with Crippen molar-refractivity contribution in [2.45, 2.75) is 70.5 Å². The van der Waals surface area contributed by atoms with Crippen LogP contribution in [0, 0.1) is 19.7 Å². The predicted octanol–water partition coefficient (Wildman–Crippen LogP) is 4.00. The average molecular weight is 527 g/mol. The van der Waals surface area contributed by atoms with E-state index in [0.717, 1.165) is 30.5 Å². The zero-order valence-corrected chi connectivity index (χ0v) is 21.8. The lowest BCUT2D eigenvalue weighted by molar-refractivity contribution is 0.0921. The van der Waals surface area contributed by atoms with Crippen LogP contribution in [0.2, 0.25) is 0 Å². The predicted molar refractivity (Wildman–Crippen MR) is 142 cm³/mol. The number of hydrogen-bond acceptors (Lipinski definition) is 6. The summed E-state index contributed by atoms with van der Waals surface area (Å²) in [6.45, 7) is 3.51. The molecule has 1 aliphatic heterocycles. The number of aromatic hydroxyl groups is 1. The number of phenols is 1. The third-order valence-corrected chi connectivity index (χ3v) is 8.68. The second kappa shape index (κ2) is 10.3. The standard InChI is InChI=1S/C27H31FN4O4S/c1-15-11-17(12-16(2)23(15)33)25(34)30-19-3-5-20(6-4-19)32-26(35)22-13-18(28)14-29-24(22)31(27(32)36)21-7-9-37-10-8-21/h11-14,19-21,33H,3-10H2,1-2H3,(H,30,34)/t19-,20+. The quantitative estimate of drug-likeness (QED) is 0.532. The number of benzene rings is 1. The molecule has 0 unspecified atom stereocenters. The molecule has 0 radical (unpaired) electrons. The van der Waals surface area contributed by atoms with E-state index < -0.39 is 11.4 Å². The fourth-order valence-corrected chi connectivity index (χ4v) is 6.71. The molecule has 8 nitrogen and oxygen atoms in total. The van der Waals surface area contributed by atoms with E-state index in [1.165, 1.54) is 10.6 Å². The molecule has 2 fully saturated rings. The van der Waals surface area contributed by atoms with Gasteiger partial charge in [-0.1, -0.05) is 0 Å². The van der Waals surface area contributed by atoms with Gasteiger partial charge in [-0.3, -0.25) is 18.7 Å². The molecule has 2 N–H and O–H groups in total. The third-order valence-electron chi connectivity index (χ3n) is 7.63. The van der Waals surface area contributed by atoms with Crippen molar-refractivity contribution in [2.24, 2.45) is 0 Å². The maximum absolute atomic E-state index is 14.1. The number of phenolic OH excluding ortho intramolecular Hbond substituents is 1. The number of aryl methyl sites for hydroxylation is 2. The molecular formula is C27H31FN4O4S. The number of hydrogen-bond donors (Lipinski definition) is 2. The summed E-state index contributed by atoms with van der Waals surface area (Å²) >= 11 is 1.84. The van der Waals surface area contributed by atoms with Crippen LogP contribution in [0.5, 0.6) is 5.75 Å². The fourth-order valence-electron chi connectivity index (χ4n) is 5.63. The molecule has 1 aromatic carbocycles. The second-order valence-electron chi connectivity index (χ2n) is 10.1. The molecule has 1 aliphatic carbocycles. The Kier molecular flexibility index (Phi) is 7.11. The van der Waals surface area contributed by atoms with Crippen molar-refractivity contribution in [3.05, 3.63) is 67.7 Å². The molecule has 0 bridgehead atoms. The monoisotopic (exact) mass is 526 g/mol. The van der Waals surface area contributed by atoms with Gasteiger partial charge in [-0.25, -0.2) is 14.2 Å². The molecule has 2 aromatic heterocycles. The molecule has 0 spiro atoms. The number of fused-ring (bicyclic) bond motifs is 1. The van der Waals surface area contributed by atoms with Gasteiger partial charge in [0.05, 0.1) is 11.6 Å². The van der Waals surface area contributed by atoms with Crippen LogP contribution in [0.3, 0.4) is 0 Å². The van der Waals surface area contributed by atoms with Crippen LogP contribution in [0.25, 0.3) is 11.0 Å². The molecule has 3 aromatic rings. The first kappa shape index (κ1) is 25.5. The summed E-state index contributed by atoms with van der Waals surface area (Å²) < 4.78 is 17.0. The number of aromatic nitrogens is 3. The first-order valence-electron chi connectivity index (χ1n) is 12.8. The van der Waals surface area contributed by atoms with Crippen LogP contribution < -0.4 is 16.6 Å². The number of carbonyl (C=O) groups is 1. The van der Waals surface area contributed by atoms with Crippen LogP contribution in [0.1, 0.15) is 72.1 Å². The first-order valence-corrected chi connectivity index (χ1v) is 13.9. The number of pyridine rings is 1. The SMILES string of the molecule is Cc1cc(C(=O)N[C@H]2CC[C@@H](n3c(=O)c4cc(F)cnc4n(C4CCSCC4)c3=O)CC2)cc(C)c1O. The Balaban J connectivity index is 1.40. The minimum atomic E-state index is -0.605. The molecule has 1 amide bonds. The summed E-state index contributed by atoms with van der Waals surface area (Å²) in [6.07, 6.45) is 4.96. The largest absolute Gasteiger partial charge is 0.507 e. The van der Waals surface area contributed by atoms with Crippen molar-refractivity contribution >= 4 is 28.7 Å². The molecule has 37 heavy (non-hydrogen) atoms. The Morgan fingerprint density at radius 2 is 1.62 bits per heavy atom. The second-order valence-corrected chi connectivity index (χ2v) is 11.4. The van der Waals surface area contributed by atoms with Crippen molar-refractivity contribution in [3.8, 4) is 5.75 Å². The number of nitrogens with one attached hydrogen (secondary N) is 1. The maximum Gasteiger partial charge on any atom is 0.333 e. The Morgan fingerprint density at radius 3 is 2.27 bits per heavy atom. The molecule has 1 saturated heterocycles. The van der Waals surface area contributed by atoms with Gasteiger partial charge in [0.1, 0.15) is 17.2 Å². The van der Waals surface area contributed by atoms with Crippen LogP contribution in [0.15, 0.2) is 34.0 Å². The Labute approximate surface area is 217 Å². The van der Waals surface area contributed by atoms with Gasteiger partial charge in [0.15, 0.2) is 0 Å². The van der Waals surface area contributed by atoms with Gasteiger partial charge >= 0.3 is 5.69 Å². The Hall–Kier alpha value is -3.14. The summed E-state index contributed by atoms with van der Waals surface area (Å²) in [6, 6.07) is 4.01. The number of rotatable bonds is 4. The average Bonchev–Trinajstić information content (AvgIpc) is 2.89. The van der Waals surface area contributed by atoms with Crippen LogP contribution in [-0.2, 0) is 0 Å². The lowest BCUT2D eigenvalue weighted by Gasteiger charge is -2.31. The fraction of sp³-hybridized carbons (Fsp3) is 0.481.